The predicted molar refractivity (Wildman–Crippen MR) is 87.4 cm³/mol. The minimum absolute atomic E-state index is 0.0250. The molecule has 2 heterocycles. The summed E-state index contributed by atoms with van der Waals surface area (Å²) in [5, 5.41) is 12.7. The second kappa shape index (κ2) is 7.43. The average Bonchev–Trinajstić information content (AvgIpc) is 3.04. The van der Waals surface area contributed by atoms with Crippen molar-refractivity contribution in [2.45, 2.75) is 13.1 Å². The molecule has 3 rings (SSSR count). The molecule has 132 valence electrons. The smallest absolute Gasteiger partial charge is 0.356 e. The maximum atomic E-state index is 13.2. The van der Waals surface area contributed by atoms with Crippen molar-refractivity contribution in [2.75, 3.05) is 26.2 Å². The second-order valence-corrected chi connectivity index (χ2v) is 5.99. The third-order valence-corrected chi connectivity index (χ3v) is 4.18. The number of piperazine rings is 1. The van der Waals surface area contributed by atoms with Crippen LogP contribution < -0.4 is 0 Å². The number of hydrogen-bond acceptors (Lipinski definition) is 4. The summed E-state index contributed by atoms with van der Waals surface area (Å²) in [4.78, 5) is 27.0. The van der Waals surface area contributed by atoms with Crippen LogP contribution in [0.2, 0.25) is 0 Å². The van der Waals surface area contributed by atoms with Crippen molar-refractivity contribution in [3.8, 4) is 0 Å². The molecule has 25 heavy (non-hydrogen) atoms. The van der Waals surface area contributed by atoms with Crippen LogP contribution in [0, 0.1) is 5.82 Å². The number of carboxylic acid groups (broad SMARTS) is 1. The van der Waals surface area contributed by atoms with Crippen molar-refractivity contribution in [1.82, 2.24) is 19.6 Å². The van der Waals surface area contributed by atoms with Crippen LogP contribution in [0.4, 0.5) is 4.39 Å². The zero-order valence-corrected chi connectivity index (χ0v) is 13.6. The van der Waals surface area contributed by atoms with Crippen molar-refractivity contribution in [1.29, 1.82) is 0 Å². The van der Waals surface area contributed by atoms with E-state index >= 15 is 0 Å². The number of aromatic nitrogens is 2. The molecule has 1 amide bonds. The normalized spacial score (nSPS) is 15.3. The van der Waals surface area contributed by atoms with E-state index in [2.05, 4.69) is 10.00 Å². The summed E-state index contributed by atoms with van der Waals surface area (Å²) in [7, 11) is 0. The largest absolute Gasteiger partial charge is 0.476 e. The van der Waals surface area contributed by atoms with Crippen molar-refractivity contribution in [3.05, 3.63) is 53.6 Å². The first kappa shape index (κ1) is 17.1. The van der Waals surface area contributed by atoms with Crippen LogP contribution in [0.1, 0.15) is 16.1 Å². The summed E-state index contributed by atoms with van der Waals surface area (Å²) >= 11 is 0. The Morgan fingerprint density at radius 1 is 1.16 bits per heavy atom. The van der Waals surface area contributed by atoms with Crippen LogP contribution in [0.15, 0.2) is 36.5 Å². The second-order valence-electron chi connectivity index (χ2n) is 5.99. The van der Waals surface area contributed by atoms with Crippen molar-refractivity contribution < 1.29 is 19.1 Å². The van der Waals surface area contributed by atoms with E-state index in [-0.39, 0.29) is 24.0 Å². The lowest BCUT2D eigenvalue weighted by Gasteiger charge is -2.34. The highest BCUT2D eigenvalue weighted by atomic mass is 19.1. The monoisotopic (exact) mass is 346 g/mol. The Morgan fingerprint density at radius 3 is 2.56 bits per heavy atom. The summed E-state index contributed by atoms with van der Waals surface area (Å²) in [6.45, 7) is 3.27. The fourth-order valence-electron chi connectivity index (χ4n) is 2.85. The first-order chi connectivity index (χ1) is 12.0. The molecule has 1 aromatic heterocycles. The van der Waals surface area contributed by atoms with Gasteiger partial charge in [0.05, 0.1) is 0 Å². The van der Waals surface area contributed by atoms with E-state index in [1.54, 1.807) is 11.0 Å². The zero-order chi connectivity index (χ0) is 17.8. The van der Waals surface area contributed by atoms with Gasteiger partial charge in [0.1, 0.15) is 12.4 Å². The molecule has 1 aromatic carbocycles. The zero-order valence-electron chi connectivity index (χ0n) is 13.6. The Balaban J connectivity index is 1.49. The molecule has 2 aromatic rings. The fraction of sp³-hybridized carbons (Fsp3) is 0.353. The van der Waals surface area contributed by atoms with Crippen molar-refractivity contribution >= 4 is 11.9 Å². The lowest BCUT2D eigenvalue weighted by atomic mass is 10.2. The van der Waals surface area contributed by atoms with Gasteiger partial charge >= 0.3 is 5.97 Å². The molecular weight excluding hydrogens is 327 g/mol. The first-order valence-corrected chi connectivity index (χ1v) is 8.02. The van der Waals surface area contributed by atoms with E-state index in [1.807, 2.05) is 6.07 Å². The van der Waals surface area contributed by atoms with Gasteiger partial charge in [-0.1, -0.05) is 12.1 Å². The van der Waals surface area contributed by atoms with E-state index < -0.39 is 5.97 Å². The van der Waals surface area contributed by atoms with Crippen LogP contribution in [0.5, 0.6) is 0 Å². The molecule has 0 spiro atoms. The van der Waals surface area contributed by atoms with Crippen molar-refractivity contribution in [3.63, 3.8) is 0 Å². The highest BCUT2D eigenvalue weighted by Gasteiger charge is 2.21. The number of nitrogens with zero attached hydrogens (tertiary/aromatic N) is 4. The van der Waals surface area contributed by atoms with Crippen LogP contribution in [-0.2, 0) is 17.9 Å². The SMILES string of the molecule is O=C(O)c1ccn(CC(=O)N2CCN(Cc3cccc(F)c3)CC2)n1. The molecule has 7 nitrogen and oxygen atoms in total. The van der Waals surface area contributed by atoms with Gasteiger partial charge in [-0.2, -0.15) is 5.10 Å². The molecule has 8 heteroatoms. The number of carbonyl (C=O) groups excluding carboxylic acids is 1. The minimum atomic E-state index is -1.11. The number of aromatic carboxylic acids is 1. The van der Waals surface area contributed by atoms with E-state index in [4.69, 9.17) is 5.11 Å². The number of rotatable bonds is 5. The number of carbonyl (C=O) groups is 2. The van der Waals surface area contributed by atoms with E-state index in [1.165, 1.54) is 29.1 Å². The van der Waals surface area contributed by atoms with Crippen LogP contribution in [-0.4, -0.2) is 62.7 Å². The van der Waals surface area contributed by atoms with E-state index in [9.17, 15) is 14.0 Å². The molecular formula is C17H19FN4O3. The van der Waals surface area contributed by atoms with Gasteiger partial charge in [-0.25, -0.2) is 9.18 Å². The van der Waals surface area contributed by atoms with E-state index in [0.29, 0.717) is 32.7 Å². The Hall–Kier alpha value is -2.74. The molecule has 0 bridgehead atoms. The van der Waals surface area contributed by atoms with E-state index in [0.717, 1.165) is 5.56 Å². The summed E-state index contributed by atoms with van der Waals surface area (Å²) in [6, 6.07) is 7.89. The summed E-state index contributed by atoms with van der Waals surface area (Å²) in [5.74, 6) is -1.45. The maximum absolute atomic E-state index is 13.2. The molecule has 1 fully saturated rings. The molecule has 0 radical (unpaired) electrons. The van der Waals surface area contributed by atoms with Gasteiger partial charge in [-0.15, -0.1) is 0 Å². The molecule has 0 aliphatic carbocycles. The Bertz CT molecular complexity index is 769. The average molecular weight is 346 g/mol. The molecule has 1 aliphatic heterocycles. The summed E-state index contributed by atoms with van der Waals surface area (Å²) < 4.78 is 14.6. The fourth-order valence-corrected chi connectivity index (χ4v) is 2.85. The Labute approximate surface area is 144 Å². The highest BCUT2D eigenvalue weighted by Crippen LogP contribution is 2.10. The number of benzene rings is 1. The van der Waals surface area contributed by atoms with Crippen LogP contribution >= 0.6 is 0 Å². The van der Waals surface area contributed by atoms with Crippen LogP contribution in [0.25, 0.3) is 0 Å². The first-order valence-electron chi connectivity index (χ1n) is 8.02. The number of hydrogen-bond donors (Lipinski definition) is 1. The molecule has 0 atom stereocenters. The minimum Gasteiger partial charge on any atom is -0.476 e. The predicted octanol–water partition coefficient (Wildman–Crippen LogP) is 1.06. The van der Waals surface area contributed by atoms with Gasteiger partial charge in [0.15, 0.2) is 5.69 Å². The highest BCUT2D eigenvalue weighted by molar-refractivity contribution is 5.85. The maximum Gasteiger partial charge on any atom is 0.356 e. The number of amides is 1. The van der Waals surface area contributed by atoms with Gasteiger partial charge in [-0.3, -0.25) is 14.4 Å². The molecule has 0 saturated carbocycles. The van der Waals surface area contributed by atoms with Gasteiger partial charge < -0.3 is 10.0 Å². The topological polar surface area (TPSA) is 78.7 Å². The third-order valence-electron chi connectivity index (χ3n) is 4.18. The molecule has 0 unspecified atom stereocenters. The van der Waals surface area contributed by atoms with Gasteiger partial charge in [-0.05, 0) is 23.8 Å². The lowest BCUT2D eigenvalue weighted by Crippen LogP contribution is -2.49. The summed E-state index contributed by atoms with van der Waals surface area (Å²) in [5.41, 5.74) is 0.838. The molecule has 1 aliphatic rings. The van der Waals surface area contributed by atoms with Crippen molar-refractivity contribution in [2.24, 2.45) is 0 Å². The Kier molecular flexibility index (Phi) is 5.08. The third kappa shape index (κ3) is 4.42. The molecule has 1 saturated heterocycles. The Morgan fingerprint density at radius 2 is 1.92 bits per heavy atom. The number of carboxylic acids is 1. The lowest BCUT2D eigenvalue weighted by molar-refractivity contribution is -0.133. The standard InChI is InChI=1S/C17H19FN4O3/c18-14-3-1-2-13(10-14)11-20-6-8-21(9-7-20)16(23)12-22-5-4-15(19-22)17(24)25/h1-5,10H,6-9,11-12H2,(H,24,25). The van der Waals surface area contributed by atoms with Crippen LogP contribution in [0.3, 0.4) is 0 Å². The van der Waals surface area contributed by atoms with Gasteiger partial charge in [0, 0.05) is 38.9 Å². The molecule has 1 N–H and O–H groups in total. The quantitative estimate of drug-likeness (QED) is 0.876. The van der Waals surface area contributed by atoms with Gasteiger partial charge in [0.2, 0.25) is 5.91 Å². The summed E-state index contributed by atoms with van der Waals surface area (Å²) in [6.07, 6.45) is 1.49. The number of halogens is 1. The van der Waals surface area contributed by atoms with Gasteiger partial charge in [0.25, 0.3) is 0 Å².